The normalized spacial score (nSPS) is 22.0. The zero-order valence-corrected chi connectivity index (χ0v) is 13.7. The number of carbonyl (C=O) groups is 1. The molecule has 6 heteroatoms. The summed E-state index contributed by atoms with van der Waals surface area (Å²) in [7, 11) is 1.64. The molecule has 1 aromatic carbocycles. The number of nitrogens with two attached hydrogens (primary N) is 1. The van der Waals surface area contributed by atoms with Crippen molar-refractivity contribution in [1.82, 2.24) is 4.90 Å². The predicted octanol–water partition coefficient (Wildman–Crippen LogP) is 3.28. The molecule has 22 heavy (non-hydrogen) atoms. The van der Waals surface area contributed by atoms with Crippen molar-refractivity contribution in [3.8, 4) is 0 Å². The van der Waals surface area contributed by atoms with Crippen molar-refractivity contribution >= 4 is 18.3 Å². The van der Waals surface area contributed by atoms with Gasteiger partial charge in [0, 0.05) is 18.5 Å². The monoisotopic (exact) mass is 332 g/mol. The van der Waals surface area contributed by atoms with Crippen molar-refractivity contribution in [2.45, 2.75) is 32.2 Å². The third-order valence-electron chi connectivity index (χ3n) is 4.62. The molecule has 1 aromatic rings. The maximum Gasteiger partial charge on any atom is 0.226 e. The number of nitrogens with zero attached hydrogens (tertiary/aromatic N) is 1. The van der Waals surface area contributed by atoms with Gasteiger partial charge in [-0.1, -0.05) is 6.42 Å². The molecule has 2 N–H and O–H groups in total. The molecule has 1 unspecified atom stereocenters. The second kappa shape index (κ2) is 7.88. The van der Waals surface area contributed by atoms with Crippen molar-refractivity contribution in [3.05, 3.63) is 35.4 Å². The summed E-state index contributed by atoms with van der Waals surface area (Å²) in [5.74, 6) is -0.923. The van der Waals surface area contributed by atoms with Crippen molar-refractivity contribution in [1.29, 1.82) is 0 Å². The van der Waals surface area contributed by atoms with E-state index in [4.69, 9.17) is 5.73 Å². The fourth-order valence-electron chi connectivity index (χ4n) is 3.14. The lowest BCUT2D eigenvalue weighted by molar-refractivity contribution is -0.137. The van der Waals surface area contributed by atoms with Crippen molar-refractivity contribution < 1.29 is 13.6 Å². The van der Waals surface area contributed by atoms with Crippen LogP contribution in [0, 0.1) is 23.5 Å². The fourth-order valence-corrected chi connectivity index (χ4v) is 3.14. The van der Waals surface area contributed by atoms with E-state index in [0.29, 0.717) is 6.54 Å². The number of halogens is 3. The van der Waals surface area contributed by atoms with E-state index < -0.39 is 17.7 Å². The van der Waals surface area contributed by atoms with Gasteiger partial charge in [-0.2, -0.15) is 0 Å². The molecule has 1 amide bonds. The molecule has 0 bridgehead atoms. The van der Waals surface area contributed by atoms with Gasteiger partial charge in [-0.25, -0.2) is 8.78 Å². The topological polar surface area (TPSA) is 46.3 Å². The Morgan fingerprint density at radius 3 is 2.73 bits per heavy atom. The molecule has 3 nitrogen and oxygen atoms in total. The number of amides is 1. The highest BCUT2D eigenvalue weighted by molar-refractivity contribution is 5.85. The molecular weight excluding hydrogens is 310 g/mol. The van der Waals surface area contributed by atoms with E-state index in [2.05, 4.69) is 0 Å². The first-order valence-electron chi connectivity index (χ1n) is 7.37. The first kappa shape index (κ1) is 18.8. The quantitative estimate of drug-likeness (QED) is 0.919. The summed E-state index contributed by atoms with van der Waals surface area (Å²) >= 11 is 0. The molecule has 2 rings (SSSR count). The highest BCUT2D eigenvalue weighted by Gasteiger charge is 2.35. The number of benzene rings is 1. The van der Waals surface area contributed by atoms with Gasteiger partial charge in [0.15, 0.2) is 0 Å². The van der Waals surface area contributed by atoms with Crippen LogP contribution in [0.1, 0.15) is 37.8 Å². The standard InChI is InChI=1S/C16H22F2N2O.ClH/c1-10(14-8-12(17)6-7-15(14)18)20(2)16(21)13-5-3-4-11(13)9-19;/h6-8,10-11,13H,3-5,9,19H2,1-2H3;1H/t10?,11-,13-;/m1./s1. The van der Waals surface area contributed by atoms with Gasteiger partial charge in [0.2, 0.25) is 5.91 Å². The molecule has 1 fully saturated rings. The summed E-state index contributed by atoms with van der Waals surface area (Å²) in [4.78, 5) is 14.1. The van der Waals surface area contributed by atoms with Crippen LogP contribution in [-0.2, 0) is 4.79 Å². The SMILES string of the molecule is CC(c1cc(F)ccc1F)N(C)C(=O)[C@@H]1CCC[C@@H]1CN.Cl. The number of hydrogen-bond donors (Lipinski definition) is 1. The number of rotatable bonds is 4. The Bertz CT molecular complexity index is 527. The summed E-state index contributed by atoms with van der Waals surface area (Å²) in [6, 6.07) is 2.82. The Morgan fingerprint density at radius 1 is 1.41 bits per heavy atom. The van der Waals surface area contributed by atoms with E-state index in [0.717, 1.165) is 37.5 Å². The van der Waals surface area contributed by atoms with Crippen molar-refractivity contribution in [2.24, 2.45) is 17.6 Å². The van der Waals surface area contributed by atoms with E-state index in [9.17, 15) is 13.6 Å². The van der Waals surface area contributed by atoms with Crippen LogP contribution in [-0.4, -0.2) is 24.4 Å². The van der Waals surface area contributed by atoms with Crippen molar-refractivity contribution in [2.75, 3.05) is 13.6 Å². The predicted molar refractivity (Wildman–Crippen MR) is 84.7 cm³/mol. The van der Waals surface area contributed by atoms with Crippen LogP contribution >= 0.6 is 12.4 Å². The average Bonchev–Trinajstić information content (AvgIpc) is 2.95. The minimum atomic E-state index is -0.507. The van der Waals surface area contributed by atoms with Crippen LogP contribution in [0.3, 0.4) is 0 Å². The van der Waals surface area contributed by atoms with Gasteiger partial charge in [-0.05, 0) is 50.4 Å². The lowest BCUT2D eigenvalue weighted by Crippen LogP contribution is -2.38. The maximum atomic E-state index is 13.8. The second-order valence-electron chi connectivity index (χ2n) is 5.82. The minimum absolute atomic E-state index is 0. The van der Waals surface area contributed by atoms with Crippen LogP contribution in [0.4, 0.5) is 8.78 Å². The van der Waals surface area contributed by atoms with E-state index in [1.54, 1.807) is 14.0 Å². The van der Waals surface area contributed by atoms with E-state index in [1.165, 1.54) is 4.90 Å². The molecule has 124 valence electrons. The zero-order chi connectivity index (χ0) is 15.6. The summed E-state index contributed by atoms with van der Waals surface area (Å²) < 4.78 is 27.1. The van der Waals surface area contributed by atoms with Crippen LogP contribution in [0.2, 0.25) is 0 Å². The van der Waals surface area contributed by atoms with Crippen LogP contribution in [0.15, 0.2) is 18.2 Å². The van der Waals surface area contributed by atoms with E-state index >= 15 is 0 Å². The Hall–Kier alpha value is -1.20. The summed E-state index contributed by atoms with van der Waals surface area (Å²) in [5.41, 5.74) is 5.92. The minimum Gasteiger partial charge on any atom is -0.339 e. The molecule has 0 radical (unpaired) electrons. The van der Waals surface area contributed by atoms with Crippen LogP contribution in [0.25, 0.3) is 0 Å². The largest absolute Gasteiger partial charge is 0.339 e. The van der Waals surface area contributed by atoms with E-state index in [1.807, 2.05) is 0 Å². The Balaban J connectivity index is 0.00000242. The van der Waals surface area contributed by atoms with Gasteiger partial charge in [0.1, 0.15) is 11.6 Å². The Kier molecular flexibility index (Phi) is 6.75. The molecule has 0 spiro atoms. The summed E-state index contributed by atoms with van der Waals surface area (Å²) in [5, 5.41) is 0. The van der Waals surface area contributed by atoms with Crippen LogP contribution in [0.5, 0.6) is 0 Å². The molecule has 0 aliphatic heterocycles. The first-order chi connectivity index (χ1) is 9.95. The van der Waals surface area contributed by atoms with Gasteiger partial charge in [0.25, 0.3) is 0 Å². The fraction of sp³-hybridized carbons (Fsp3) is 0.562. The lowest BCUT2D eigenvalue weighted by Gasteiger charge is -2.30. The number of carbonyl (C=O) groups excluding carboxylic acids is 1. The Labute approximate surface area is 136 Å². The molecule has 0 aromatic heterocycles. The highest BCUT2D eigenvalue weighted by Crippen LogP contribution is 2.34. The third-order valence-corrected chi connectivity index (χ3v) is 4.62. The zero-order valence-electron chi connectivity index (χ0n) is 12.9. The molecule has 1 aliphatic rings. The average molecular weight is 333 g/mol. The Morgan fingerprint density at radius 2 is 2.09 bits per heavy atom. The van der Waals surface area contributed by atoms with E-state index in [-0.39, 0.29) is 35.7 Å². The smallest absolute Gasteiger partial charge is 0.226 e. The number of hydrogen-bond acceptors (Lipinski definition) is 2. The molecule has 1 aliphatic carbocycles. The third kappa shape index (κ3) is 3.76. The molecule has 1 saturated carbocycles. The summed E-state index contributed by atoms with van der Waals surface area (Å²) in [6.45, 7) is 2.20. The lowest BCUT2D eigenvalue weighted by atomic mass is 9.94. The first-order valence-corrected chi connectivity index (χ1v) is 7.37. The van der Waals surface area contributed by atoms with Gasteiger partial charge in [-0.15, -0.1) is 12.4 Å². The molecule has 0 heterocycles. The van der Waals surface area contributed by atoms with Gasteiger partial charge < -0.3 is 10.6 Å². The van der Waals surface area contributed by atoms with Crippen molar-refractivity contribution in [3.63, 3.8) is 0 Å². The summed E-state index contributed by atoms with van der Waals surface area (Å²) in [6.07, 6.45) is 2.78. The van der Waals surface area contributed by atoms with Gasteiger partial charge >= 0.3 is 0 Å². The van der Waals surface area contributed by atoms with Gasteiger partial charge in [0.05, 0.1) is 6.04 Å². The highest BCUT2D eigenvalue weighted by atomic mass is 35.5. The second-order valence-corrected chi connectivity index (χ2v) is 5.82. The van der Waals surface area contributed by atoms with Crippen LogP contribution < -0.4 is 5.73 Å². The van der Waals surface area contributed by atoms with Gasteiger partial charge in [-0.3, -0.25) is 4.79 Å². The maximum absolute atomic E-state index is 13.8. The molecule has 0 saturated heterocycles. The molecule has 3 atom stereocenters. The molecular formula is C16H23ClF2N2O.